The van der Waals surface area contributed by atoms with Gasteiger partial charge in [0.2, 0.25) is 0 Å². The molecule has 0 radical (unpaired) electrons. The van der Waals surface area contributed by atoms with Gasteiger partial charge in [-0.2, -0.15) is 4.31 Å². The monoisotopic (exact) mass is 385 g/mol. The molecule has 1 heterocycles. The molecule has 1 N–H and O–H groups in total. The first-order valence-corrected chi connectivity index (χ1v) is 8.27. The van der Waals surface area contributed by atoms with Crippen LogP contribution in [0.15, 0.2) is 23.1 Å². The summed E-state index contributed by atoms with van der Waals surface area (Å²) in [7, 11) is -3.45. The van der Waals surface area contributed by atoms with Crippen molar-refractivity contribution in [3.63, 3.8) is 0 Å². The van der Waals surface area contributed by atoms with Gasteiger partial charge in [-0.1, -0.05) is 6.07 Å². The molecule has 1 aromatic rings. The van der Waals surface area contributed by atoms with Crippen LogP contribution in [0.4, 0.5) is 13.2 Å². The molecule has 1 aromatic carbocycles. The molecule has 1 saturated heterocycles. The topological polar surface area (TPSA) is 102 Å². The van der Waals surface area contributed by atoms with E-state index in [0.717, 1.165) is 29.6 Å². The molecule has 1 aliphatic heterocycles. The number of halogens is 3. The lowest BCUT2D eigenvalue weighted by molar-refractivity contribution is -0.275. The molecular formula is C13H14F3NO7S. The lowest BCUT2D eigenvalue weighted by atomic mass is 10.3. The van der Waals surface area contributed by atoms with Crippen molar-refractivity contribution in [3.8, 4) is 11.5 Å². The van der Waals surface area contributed by atoms with Crippen LogP contribution in [-0.2, 0) is 19.6 Å². The van der Waals surface area contributed by atoms with E-state index in [-0.39, 0.29) is 18.9 Å². The average molecular weight is 385 g/mol. The number of hydrogen-bond acceptors (Lipinski definition) is 6. The molecule has 0 saturated carbocycles. The highest BCUT2D eigenvalue weighted by molar-refractivity contribution is 7.89. The molecule has 1 atom stereocenters. The number of sulfonamides is 1. The molecule has 0 aromatic heterocycles. The second kappa shape index (κ2) is 7.06. The smallest absolute Gasteiger partial charge is 0.495 e. The van der Waals surface area contributed by atoms with Crippen LogP contribution in [0.25, 0.3) is 0 Å². The van der Waals surface area contributed by atoms with E-state index in [0.29, 0.717) is 0 Å². The number of carboxylic acid groups (broad SMARTS) is 1. The molecule has 0 bridgehead atoms. The van der Waals surface area contributed by atoms with Gasteiger partial charge in [0.25, 0.3) is 10.0 Å². The summed E-state index contributed by atoms with van der Waals surface area (Å²) in [6.45, 7) is -1.00. The van der Waals surface area contributed by atoms with Crippen LogP contribution >= 0.6 is 0 Å². The van der Waals surface area contributed by atoms with E-state index in [2.05, 4.69) is 4.74 Å². The molecule has 1 aliphatic rings. The second-order valence-corrected chi connectivity index (χ2v) is 6.77. The minimum atomic E-state index is -5.12. The largest absolute Gasteiger partial charge is 0.573 e. The molecule has 25 heavy (non-hydrogen) atoms. The standard InChI is InChI=1S/C13H14F3NO7S/c1-22-8-3-2-4-9(24-13(14,15)16)11(8)25(20,21)17-5-6-23-10(7-17)12(18)19/h2-4,10H,5-7H2,1H3,(H,18,19). The van der Waals surface area contributed by atoms with Gasteiger partial charge in [-0.3, -0.25) is 0 Å². The highest BCUT2D eigenvalue weighted by atomic mass is 32.2. The van der Waals surface area contributed by atoms with Gasteiger partial charge in [-0.25, -0.2) is 13.2 Å². The fraction of sp³-hybridized carbons (Fsp3) is 0.462. The third-order valence-electron chi connectivity index (χ3n) is 3.29. The molecular weight excluding hydrogens is 371 g/mol. The normalized spacial score (nSPS) is 19.4. The van der Waals surface area contributed by atoms with E-state index >= 15 is 0 Å². The van der Waals surface area contributed by atoms with Crippen LogP contribution in [0.3, 0.4) is 0 Å². The second-order valence-electron chi connectivity index (χ2n) is 4.90. The molecule has 0 aliphatic carbocycles. The van der Waals surface area contributed by atoms with Gasteiger partial charge in [0.1, 0.15) is 5.75 Å². The van der Waals surface area contributed by atoms with Crippen molar-refractivity contribution in [2.45, 2.75) is 17.4 Å². The zero-order valence-corrected chi connectivity index (χ0v) is 13.6. The van der Waals surface area contributed by atoms with Crippen molar-refractivity contribution < 1.29 is 45.7 Å². The van der Waals surface area contributed by atoms with Gasteiger partial charge >= 0.3 is 12.3 Å². The predicted octanol–water partition coefficient (Wildman–Crippen LogP) is 1.07. The van der Waals surface area contributed by atoms with Gasteiger partial charge in [0.15, 0.2) is 16.7 Å². The third kappa shape index (κ3) is 4.32. The number of carbonyl (C=O) groups is 1. The summed E-state index contributed by atoms with van der Waals surface area (Å²) in [5.41, 5.74) is 0. The Bertz CT molecular complexity index is 750. The zero-order valence-electron chi connectivity index (χ0n) is 12.8. The number of ether oxygens (including phenoxy) is 3. The summed E-state index contributed by atoms with van der Waals surface area (Å²) < 4.78 is 77.6. The Morgan fingerprint density at radius 2 is 2.00 bits per heavy atom. The van der Waals surface area contributed by atoms with Crippen LogP contribution in [0.2, 0.25) is 0 Å². The molecule has 0 spiro atoms. The minimum absolute atomic E-state index is 0.221. The highest BCUT2D eigenvalue weighted by Crippen LogP contribution is 2.38. The Morgan fingerprint density at radius 1 is 1.36 bits per heavy atom. The van der Waals surface area contributed by atoms with E-state index in [9.17, 15) is 26.4 Å². The minimum Gasteiger partial charge on any atom is -0.495 e. The first kappa shape index (κ1) is 19.3. The van der Waals surface area contributed by atoms with E-state index in [1.54, 1.807) is 0 Å². The summed E-state index contributed by atoms with van der Waals surface area (Å²) in [6, 6.07) is 3.13. The van der Waals surface area contributed by atoms with Crippen molar-refractivity contribution in [3.05, 3.63) is 18.2 Å². The number of carboxylic acids is 1. The van der Waals surface area contributed by atoms with Crippen molar-refractivity contribution in [1.82, 2.24) is 4.31 Å². The third-order valence-corrected chi connectivity index (χ3v) is 5.22. The maximum atomic E-state index is 12.8. The Morgan fingerprint density at radius 3 is 2.56 bits per heavy atom. The molecule has 1 fully saturated rings. The van der Waals surface area contributed by atoms with Gasteiger partial charge in [-0.05, 0) is 12.1 Å². The van der Waals surface area contributed by atoms with Crippen molar-refractivity contribution in [2.24, 2.45) is 0 Å². The molecule has 2 rings (SSSR count). The van der Waals surface area contributed by atoms with E-state index in [4.69, 9.17) is 14.6 Å². The molecule has 1 unspecified atom stereocenters. The highest BCUT2D eigenvalue weighted by Gasteiger charge is 2.40. The number of hydrogen-bond donors (Lipinski definition) is 1. The summed E-state index contributed by atoms with van der Waals surface area (Å²) in [5.74, 6) is -2.71. The van der Waals surface area contributed by atoms with Crippen LogP contribution < -0.4 is 9.47 Å². The quantitative estimate of drug-likeness (QED) is 0.809. The van der Waals surface area contributed by atoms with E-state index < -0.39 is 45.6 Å². The number of nitrogens with zero attached hydrogens (tertiary/aromatic N) is 1. The number of aliphatic carboxylic acids is 1. The van der Waals surface area contributed by atoms with Gasteiger partial charge < -0.3 is 19.3 Å². The Hall–Kier alpha value is -2.05. The maximum Gasteiger partial charge on any atom is 0.573 e. The summed E-state index contributed by atoms with van der Waals surface area (Å²) in [5, 5.41) is 8.96. The Kier molecular flexibility index (Phi) is 5.44. The van der Waals surface area contributed by atoms with Crippen molar-refractivity contribution in [2.75, 3.05) is 26.8 Å². The SMILES string of the molecule is COc1cccc(OC(F)(F)F)c1S(=O)(=O)N1CCOC(C(=O)O)C1. The van der Waals surface area contributed by atoms with Gasteiger partial charge in [0, 0.05) is 6.54 Å². The van der Waals surface area contributed by atoms with Gasteiger partial charge in [-0.15, -0.1) is 13.2 Å². The first-order chi connectivity index (χ1) is 11.6. The summed E-state index contributed by atoms with van der Waals surface area (Å²) in [6.07, 6.45) is -6.55. The van der Waals surface area contributed by atoms with Crippen LogP contribution in [0.1, 0.15) is 0 Å². The van der Waals surface area contributed by atoms with E-state index in [1.807, 2.05) is 0 Å². The Balaban J connectivity index is 2.49. The van der Waals surface area contributed by atoms with Crippen LogP contribution in [0, 0.1) is 0 Å². The summed E-state index contributed by atoms with van der Waals surface area (Å²) in [4.78, 5) is 10.2. The van der Waals surface area contributed by atoms with Gasteiger partial charge in [0.05, 0.1) is 20.3 Å². The lowest BCUT2D eigenvalue weighted by Crippen LogP contribution is -2.48. The fourth-order valence-electron chi connectivity index (χ4n) is 2.24. The van der Waals surface area contributed by atoms with Crippen molar-refractivity contribution >= 4 is 16.0 Å². The van der Waals surface area contributed by atoms with Crippen molar-refractivity contribution in [1.29, 1.82) is 0 Å². The van der Waals surface area contributed by atoms with Crippen LogP contribution in [0.5, 0.6) is 11.5 Å². The number of benzene rings is 1. The van der Waals surface area contributed by atoms with Crippen LogP contribution in [-0.4, -0.2) is 63.1 Å². The average Bonchev–Trinajstić information content (AvgIpc) is 2.53. The predicted molar refractivity (Wildman–Crippen MR) is 75.8 cm³/mol. The first-order valence-electron chi connectivity index (χ1n) is 6.83. The number of morpholine rings is 1. The summed E-state index contributed by atoms with van der Waals surface area (Å²) >= 11 is 0. The van der Waals surface area contributed by atoms with E-state index in [1.165, 1.54) is 0 Å². The fourth-order valence-corrected chi connectivity index (χ4v) is 3.91. The zero-order chi connectivity index (χ0) is 18.8. The number of alkyl halides is 3. The lowest BCUT2D eigenvalue weighted by Gasteiger charge is -2.30. The maximum absolute atomic E-state index is 12.8. The molecule has 8 nitrogen and oxygen atoms in total. The molecule has 12 heteroatoms. The molecule has 0 amide bonds. The Labute approximate surface area is 140 Å². The molecule has 140 valence electrons. The number of methoxy groups -OCH3 is 1. The number of rotatable bonds is 5.